The molecule has 1 atom stereocenters. The van der Waals surface area contributed by atoms with Crippen molar-refractivity contribution < 1.29 is 17.6 Å². The molecule has 10 heteroatoms. The van der Waals surface area contributed by atoms with Gasteiger partial charge in [-0.1, -0.05) is 6.92 Å². The number of carbonyl (C=O) groups is 1. The van der Waals surface area contributed by atoms with Crippen LogP contribution in [0, 0.1) is 5.82 Å². The van der Waals surface area contributed by atoms with Gasteiger partial charge in [0.15, 0.2) is 14.9 Å². The summed E-state index contributed by atoms with van der Waals surface area (Å²) < 4.78 is 38.8. The zero-order valence-electron chi connectivity index (χ0n) is 19.0. The summed E-state index contributed by atoms with van der Waals surface area (Å²) in [5.41, 5.74) is 3.76. The summed E-state index contributed by atoms with van der Waals surface area (Å²) in [6.07, 6.45) is 6.76. The van der Waals surface area contributed by atoms with E-state index in [0.717, 1.165) is 18.2 Å². The van der Waals surface area contributed by atoms with Crippen LogP contribution in [0.15, 0.2) is 64.4 Å². The van der Waals surface area contributed by atoms with Crippen LogP contribution in [0.3, 0.4) is 0 Å². The second kappa shape index (κ2) is 9.30. The molecule has 0 bridgehead atoms. The third-order valence-corrected chi connectivity index (χ3v) is 6.55. The third kappa shape index (κ3) is 4.81. The molecule has 1 amide bonds. The molecule has 8 nitrogen and oxygen atoms in total. The molecule has 34 heavy (non-hydrogen) atoms. The Morgan fingerprint density at radius 1 is 1.24 bits per heavy atom. The first kappa shape index (κ1) is 23.5. The average Bonchev–Trinajstić information content (AvgIpc) is 3.11. The quantitative estimate of drug-likeness (QED) is 0.582. The third-order valence-electron chi connectivity index (χ3n) is 5.57. The number of carbonyl (C=O) groups excluding carboxylic acids is 1. The van der Waals surface area contributed by atoms with Crippen molar-refractivity contribution in [2.45, 2.75) is 31.3 Å². The lowest BCUT2D eigenvalue weighted by Gasteiger charge is -2.15. The molecule has 176 valence electrons. The van der Waals surface area contributed by atoms with Crippen molar-refractivity contribution in [2.75, 3.05) is 12.8 Å². The number of benzene rings is 1. The molecule has 1 aliphatic rings. The molecule has 1 N–H and O–H groups in total. The van der Waals surface area contributed by atoms with Gasteiger partial charge in [0.2, 0.25) is 0 Å². The van der Waals surface area contributed by atoms with E-state index in [1.165, 1.54) is 24.4 Å². The topological polar surface area (TPSA) is 106 Å². The predicted octanol–water partition coefficient (Wildman–Crippen LogP) is 3.28. The maximum atomic E-state index is 13.4. The standard InChI is InChI=1S/C24H24FN5O3S/c1-4-16-11-21-20(14-28-30(21)19-7-5-18(25)6-8-19)23(27-13-16)24(31)29-15(2)17-9-10-26-22(12-17)34(3,32)33/h5-12,14-15H,4,13H2,1-3H3,(H,29,31). The molecule has 0 spiro atoms. The van der Waals surface area contributed by atoms with Gasteiger partial charge in [0, 0.05) is 12.5 Å². The van der Waals surface area contributed by atoms with Gasteiger partial charge < -0.3 is 5.32 Å². The lowest BCUT2D eigenvalue weighted by molar-refractivity contribution is -0.115. The van der Waals surface area contributed by atoms with Crippen molar-refractivity contribution >= 4 is 27.5 Å². The first-order chi connectivity index (χ1) is 16.2. The number of pyridine rings is 1. The van der Waals surface area contributed by atoms with Gasteiger partial charge in [-0.05, 0) is 67.0 Å². The molecule has 0 saturated carbocycles. The summed E-state index contributed by atoms with van der Waals surface area (Å²) in [4.78, 5) is 21.7. The molecule has 0 radical (unpaired) electrons. The highest BCUT2D eigenvalue weighted by Crippen LogP contribution is 2.24. The molecule has 3 aromatic rings. The Balaban J connectivity index is 1.66. The van der Waals surface area contributed by atoms with Crippen molar-refractivity contribution in [2.24, 2.45) is 4.99 Å². The number of rotatable bonds is 6. The van der Waals surface area contributed by atoms with Gasteiger partial charge in [-0.25, -0.2) is 22.5 Å². The maximum Gasteiger partial charge on any atom is 0.270 e. The Bertz CT molecular complexity index is 1410. The van der Waals surface area contributed by atoms with Crippen LogP contribution in [0.4, 0.5) is 4.39 Å². The zero-order valence-corrected chi connectivity index (χ0v) is 19.8. The Morgan fingerprint density at radius 3 is 2.65 bits per heavy atom. The van der Waals surface area contributed by atoms with Gasteiger partial charge in [-0.15, -0.1) is 0 Å². The molecule has 2 aromatic heterocycles. The summed E-state index contributed by atoms with van der Waals surface area (Å²) in [7, 11) is -3.48. The molecular formula is C24H24FN5O3S. The lowest BCUT2D eigenvalue weighted by Crippen LogP contribution is -2.34. The van der Waals surface area contributed by atoms with Crippen LogP contribution < -0.4 is 5.32 Å². The Labute approximate surface area is 197 Å². The van der Waals surface area contributed by atoms with E-state index in [9.17, 15) is 17.6 Å². The number of amides is 1. The molecule has 1 aromatic carbocycles. The minimum atomic E-state index is -3.48. The van der Waals surface area contributed by atoms with E-state index in [-0.39, 0.29) is 16.6 Å². The minimum absolute atomic E-state index is 0.0578. The van der Waals surface area contributed by atoms with Gasteiger partial charge in [0.25, 0.3) is 5.91 Å². The Kier molecular flexibility index (Phi) is 6.43. The van der Waals surface area contributed by atoms with E-state index in [0.29, 0.717) is 29.1 Å². The van der Waals surface area contributed by atoms with Crippen molar-refractivity contribution in [3.63, 3.8) is 0 Å². The molecular weight excluding hydrogens is 457 g/mol. The molecule has 4 rings (SSSR count). The van der Waals surface area contributed by atoms with Crippen LogP contribution in [-0.2, 0) is 14.6 Å². The number of sulfone groups is 1. The number of halogens is 1. The highest BCUT2D eigenvalue weighted by atomic mass is 32.2. The minimum Gasteiger partial charge on any atom is -0.344 e. The molecule has 1 unspecified atom stereocenters. The van der Waals surface area contributed by atoms with E-state index in [4.69, 9.17) is 0 Å². The molecule has 0 fully saturated rings. The van der Waals surface area contributed by atoms with Crippen LogP contribution in [-0.4, -0.2) is 47.6 Å². The van der Waals surface area contributed by atoms with Crippen LogP contribution in [0.5, 0.6) is 0 Å². The fourth-order valence-corrected chi connectivity index (χ4v) is 4.23. The molecule has 3 heterocycles. The monoisotopic (exact) mass is 481 g/mol. The Hall–Kier alpha value is -3.66. The van der Waals surface area contributed by atoms with Crippen LogP contribution in [0.25, 0.3) is 11.8 Å². The van der Waals surface area contributed by atoms with E-state index < -0.39 is 21.8 Å². The fourth-order valence-electron chi connectivity index (χ4n) is 3.63. The predicted molar refractivity (Wildman–Crippen MR) is 127 cm³/mol. The number of hydrogen-bond donors (Lipinski definition) is 1. The van der Waals surface area contributed by atoms with Crippen LogP contribution in [0.2, 0.25) is 0 Å². The van der Waals surface area contributed by atoms with Crippen molar-refractivity contribution in [3.05, 3.63) is 77.0 Å². The highest BCUT2D eigenvalue weighted by Gasteiger charge is 2.25. The van der Waals surface area contributed by atoms with Gasteiger partial charge in [-0.3, -0.25) is 9.79 Å². The molecule has 0 aliphatic carbocycles. The van der Waals surface area contributed by atoms with Crippen molar-refractivity contribution in [3.8, 4) is 5.69 Å². The van der Waals surface area contributed by atoms with E-state index >= 15 is 0 Å². The lowest BCUT2D eigenvalue weighted by atomic mass is 10.1. The summed E-state index contributed by atoms with van der Waals surface area (Å²) >= 11 is 0. The van der Waals surface area contributed by atoms with Crippen LogP contribution >= 0.6 is 0 Å². The first-order valence-electron chi connectivity index (χ1n) is 10.7. The second-order valence-corrected chi connectivity index (χ2v) is 10.0. The SMILES string of the molecule is CCC1=Cc2c(cnn2-c2ccc(F)cc2)C(C(=O)NC(C)c2ccnc(S(C)(=O)=O)c2)=NC1. The highest BCUT2D eigenvalue weighted by molar-refractivity contribution is 7.90. The van der Waals surface area contributed by atoms with Gasteiger partial charge >= 0.3 is 0 Å². The van der Waals surface area contributed by atoms with E-state index in [2.05, 4.69) is 20.4 Å². The fraction of sp³-hybridized carbons (Fsp3) is 0.250. The number of hydrogen-bond acceptors (Lipinski definition) is 6. The summed E-state index contributed by atoms with van der Waals surface area (Å²) in [5.74, 6) is -0.756. The van der Waals surface area contributed by atoms with Crippen molar-refractivity contribution in [1.82, 2.24) is 20.1 Å². The summed E-state index contributed by atoms with van der Waals surface area (Å²) in [6.45, 7) is 4.13. The molecule has 1 aliphatic heterocycles. The molecule has 0 saturated heterocycles. The summed E-state index contributed by atoms with van der Waals surface area (Å²) in [5, 5.41) is 7.27. The van der Waals surface area contributed by atoms with Gasteiger partial charge in [0.1, 0.15) is 11.5 Å². The largest absolute Gasteiger partial charge is 0.344 e. The van der Waals surface area contributed by atoms with Gasteiger partial charge in [-0.2, -0.15) is 5.10 Å². The number of fused-ring (bicyclic) bond motifs is 1. The Morgan fingerprint density at radius 2 is 1.97 bits per heavy atom. The van der Waals surface area contributed by atoms with Crippen LogP contribution in [0.1, 0.15) is 43.1 Å². The summed E-state index contributed by atoms with van der Waals surface area (Å²) in [6, 6.07) is 8.56. The average molecular weight is 482 g/mol. The smallest absolute Gasteiger partial charge is 0.270 e. The van der Waals surface area contributed by atoms with E-state index in [1.807, 2.05) is 13.0 Å². The maximum absolute atomic E-state index is 13.4. The zero-order chi connectivity index (χ0) is 24.5. The first-order valence-corrected chi connectivity index (χ1v) is 12.6. The normalized spacial score (nSPS) is 14.5. The number of nitrogens with zero attached hydrogens (tertiary/aromatic N) is 4. The second-order valence-electron chi connectivity index (χ2n) is 8.05. The van der Waals surface area contributed by atoms with E-state index in [1.54, 1.807) is 36.0 Å². The number of aromatic nitrogens is 3. The van der Waals surface area contributed by atoms with Crippen molar-refractivity contribution in [1.29, 1.82) is 0 Å². The number of aliphatic imine (C=N–C) groups is 1. The van der Waals surface area contributed by atoms with Gasteiger partial charge in [0.05, 0.1) is 35.7 Å². The number of nitrogens with one attached hydrogen (secondary N) is 1.